The summed E-state index contributed by atoms with van der Waals surface area (Å²) in [6.07, 6.45) is 2.27. The summed E-state index contributed by atoms with van der Waals surface area (Å²) in [7, 11) is 0. The van der Waals surface area contributed by atoms with Gasteiger partial charge < -0.3 is 20.5 Å². The topological polar surface area (TPSA) is 105 Å². The van der Waals surface area contributed by atoms with Crippen LogP contribution < -0.4 is 10.6 Å². The number of nitrogens with one attached hydrogen (secondary N) is 2. The van der Waals surface area contributed by atoms with Gasteiger partial charge in [0.05, 0.1) is 0 Å². The molecule has 1 aliphatic carbocycles. The van der Waals surface area contributed by atoms with E-state index in [1.165, 1.54) is 22.3 Å². The summed E-state index contributed by atoms with van der Waals surface area (Å²) in [6.45, 7) is 6.56. The Morgan fingerprint density at radius 1 is 0.943 bits per heavy atom. The molecule has 1 unspecified atom stereocenters. The van der Waals surface area contributed by atoms with Crippen molar-refractivity contribution in [1.29, 1.82) is 0 Å². The summed E-state index contributed by atoms with van der Waals surface area (Å²) in [5.41, 5.74) is 4.53. The molecule has 2 aromatic rings. The number of carbonyl (C=O) groups excluding carboxylic acids is 2. The second kappa shape index (κ2) is 11.9. The number of benzene rings is 2. The van der Waals surface area contributed by atoms with Crippen LogP contribution in [0, 0.1) is 5.41 Å². The lowest BCUT2D eigenvalue weighted by Gasteiger charge is -2.24. The number of ether oxygens (including phenoxy) is 1. The minimum absolute atomic E-state index is 0.0274. The number of fused-ring (bicyclic) bond motifs is 3. The van der Waals surface area contributed by atoms with Crippen LogP contribution in [0.3, 0.4) is 0 Å². The first-order chi connectivity index (χ1) is 16.7. The predicted octanol–water partition coefficient (Wildman–Crippen LogP) is 5.09. The highest BCUT2D eigenvalue weighted by atomic mass is 16.5. The van der Waals surface area contributed by atoms with E-state index in [1.54, 1.807) is 0 Å². The number of aliphatic carboxylic acids is 1. The van der Waals surface area contributed by atoms with Crippen molar-refractivity contribution >= 4 is 18.0 Å². The Morgan fingerprint density at radius 3 is 2.11 bits per heavy atom. The van der Waals surface area contributed by atoms with E-state index in [9.17, 15) is 19.5 Å². The van der Waals surface area contributed by atoms with Gasteiger partial charge in [-0.15, -0.1) is 0 Å². The molecule has 0 fully saturated rings. The van der Waals surface area contributed by atoms with Crippen LogP contribution in [0.1, 0.15) is 69.9 Å². The molecular formula is C28H36N2O5. The van der Waals surface area contributed by atoms with Crippen molar-refractivity contribution in [3.8, 4) is 11.1 Å². The van der Waals surface area contributed by atoms with E-state index in [4.69, 9.17) is 4.74 Å². The lowest BCUT2D eigenvalue weighted by molar-refractivity contribution is -0.142. The van der Waals surface area contributed by atoms with Gasteiger partial charge in [0.2, 0.25) is 5.91 Å². The zero-order chi connectivity index (χ0) is 25.4. The van der Waals surface area contributed by atoms with E-state index < -0.39 is 18.1 Å². The predicted molar refractivity (Wildman–Crippen MR) is 135 cm³/mol. The summed E-state index contributed by atoms with van der Waals surface area (Å²) >= 11 is 0. The SMILES string of the molecule is CC(C)(C)CC(NC(=O)CCCCCNC(=O)OCC1c2ccccc2-c2ccccc21)C(=O)O. The van der Waals surface area contributed by atoms with Crippen LogP contribution in [-0.2, 0) is 14.3 Å². The third-order valence-corrected chi connectivity index (χ3v) is 6.14. The number of carboxylic acid groups (broad SMARTS) is 1. The Labute approximate surface area is 207 Å². The molecule has 2 aromatic carbocycles. The zero-order valence-electron chi connectivity index (χ0n) is 20.8. The maximum absolute atomic E-state index is 12.2. The minimum Gasteiger partial charge on any atom is -0.480 e. The molecular weight excluding hydrogens is 444 g/mol. The van der Waals surface area contributed by atoms with Crippen molar-refractivity contribution in [2.75, 3.05) is 13.2 Å². The van der Waals surface area contributed by atoms with Crippen LogP contribution >= 0.6 is 0 Å². The number of carbonyl (C=O) groups is 3. The van der Waals surface area contributed by atoms with Gasteiger partial charge in [0, 0.05) is 18.9 Å². The van der Waals surface area contributed by atoms with Crippen LogP contribution in [0.4, 0.5) is 4.79 Å². The second-order valence-electron chi connectivity index (χ2n) is 10.3. The molecule has 0 spiro atoms. The summed E-state index contributed by atoms with van der Waals surface area (Å²) in [5.74, 6) is -1.24. The van der Waals surface area contributed by atoms with Crippen molar-refractivity contribution < 1.29 is 24.2 Å². The van der Waals surface area contributed by atoms with Crippen molar-refractivity contribution in [2.24, 2.45) is 5.41 Å². The maximum Gasteiger partial charge on any atom is 0.407 e. The van der Waals surface area contributed by atoms with Gasteiger partial charge in [-0.3, -0.25) is 4.79 Å². The number of hydrogen-bond acceptors (Lipinski definition) is 4. The van der Waals surface area contributed by atoms with Crippen molar-refractivity contribution in [3.05, 3.63) is 59.7 Å². The van der Waals surface area contributed by atoms with Crippen LogP contribution in [0.25, 0.3) is 11.1 Å². The Morgan fingerprint density at radius 2 is 1.54 bits per heavy atom. The monoisotopic (exact) mass is 480 g/mol. The van der Waals surface area contributed by atoms with Gasteiger partial charge in [-0.05, 0) is 46.9 Å². The molecule has 0 saturated carbocycles. The summed E-state index contributed by atoms with van der Waals surface area (Å²) in [5, 5.41) is 14.7. The van der Waals surface area contributed by atoms with E-state index in [0.29, 0.717) is 25.8 Å². The number of unbranched alkanes of at least 4 members (excludes halogenated alkanes) is 2. The molecule has 188 valence electrons. The zero-order valence-corrected chi connectivity index (χ0v) is 20.8. The molecule has 2 amide bonds. The van der Waals surface area contributed by atoms with Crippen LogP contribution in [0.2, 0.25) is 0 Å². The Balaban J connectivity index is 1.33. The van der Waals surface area contributed by atoms with E-state index in [-0.39, 0.29) is 30.3 Å². The van der Waals surface area contributed by atoms with E-state index in [2.05, 4.69) is 34.9 Å². The average Bonchev–Trinajstić information content (AvgIpc) is 3.12. The molecule has 3 rings (SSSR count). The van der Waals surface area contributed by atoms with Crippen LogP contribution in [-0.4, -0.2) is 42.3 Å². The van der Waals surface area contributed by atoms with Gasteiger partial charge in [0.1, 0.15) is 12.6 Å². The molecule has 1 atom stereocenters. The fourth-order valence-electron chi connectivity index (χ4n) is 4.51. The van der Waals surface area contributed by atoms with Gasteiger partial charge in [0.15, 0.2) is 0 Å². The molecule has 7 heteroatoms. The fraction of sp³-hybridized carbons (Fsp3) is 0.464. The molecule has 0 bridgehead atoms. The number of amides is 2. The first-order valence-electron chi connectivity index (χ1n) is 12.3. The largest absolute Gasteiger partial charge is 0.480 e. The van der Waals surface area contributed by atoms with Gasteiger partial charge in [-0.2, -0.15) is 0 Å². The molecule has 0 radical (unpaired) electrons. The van der Waals surface area contributed by atoms with Crippen molar-refractivity contribution in [3.63, 3.8) is 0 Å². The highest BCUT2D eigenvalue weighted by Crippen LogP contribution is 2.44. The average molecular weight is 481 g/mol. The Kier molecular flexibility index (Phi) is 8.90. The van der Waals surface area contributed by atoms with Gasteiger partial charge in [-0.1, -0.05) is 75.7 Å². The lowest BCUT2D eigenvalue weighted by atomic mass is 9.88. The van der Waals surface area contributed by atoms with Crippen LogP contribution in [0.15, 0.2) is 48.5 Å². The Bertz CT molecular complexity index is 998. The number of hydrogen-bond donors (Lipinski definition) is 3. The number of rotatable bonds is 11. The normalized spacial score (nSPS) is 13.5. The van der Waals surface area contributed by atoms with E-state index in [0.717, 1.165) is 6.42 Å². The third-order valence-electron chi connectivity index (χ3n) is 6.14. The number of carboxylic acids is 1. The summed E-state index contributed by atoms with van der Waals surface area (Å²) < 4.78 is 5.52. The summed E-state index contributed by atoms with van der Waals surface area (Å²) in [6, 6.07) is 15.5. The van der Waals surface area contributed by atoms with Gasteiger partial charge in [0.25, 0.3) is 0 Å². The molecule has 7 nitrogen and oxygen atoms in total. The molecule has 0 saturated heterocycles. The minimum atomic E-state index is -1.01. The molecule has 35 heavy (non-hydrogen) atoms. The van der Waals surface area contributed by atoms with Crippen LogP contribution in [0.5, 0.6) is 0 Å². The van der Waals surface area contributed by atoms with Crippen molar-refractivity contribution in [2.45, 2.75) is 64.8 Å². The smallest absolute Gasteiger partial charge is 0.407 e. The molecule has 0 heterocycles. The quantitative estimate of drug-likeness (QED) is 0.389. The van der Waals surface area contributed by atoms with E-state index >= 15 is 0 Å². The van der Waals surface area contributed by atoms with E-state index in [1.807, 2.05) is 45.0 Å². The summed E-state index contributed by atoms with van der Waals surface area (Å²) in [4.78, 5) is 35.7. The second-order valence-corrected chi connectivity index (χ2v) is 10.3. The molecule has 3 N–H and O–H groups in total. The maximum atomic E-state index is 12.2. The highest BCUT2D eigenvalue weighted by Gasteiger charge is 2.29. The van der Waals surface area contributed by atoms with Gasteiger partial charge >= 0.3 is 12.1 Å². The highest BCUT2D eigenvalue weighted by molar-refractivity contribution is 5.83. The standard InChI is InChI=1S/C28H36N2O5/c1-28(2,3)17-24(26(32)33)30-25(31)15-5-4-10-16-29-27(34)35-18-23-21-13-8-6-11-19(21)20-12-7-9-14-22(20)23/h6-9,11-14,23-24H,4-5,10,15-18H2,1-3H3,(H,29,34)(H,30,31)(H,32,33). The molecule has 0 aromatic heterocycles. The lowest BCUT2D eigenvalue weighted by Crippen LogP contribution is -2.43. The third kappa shape index (κ3) is 7.57. The fourth-order valence-corrected chi connectivity index (χ4v) is 4.51. The molecule has 1 aliphatic rings. The number of alkyl carbamates (subject to hydrolysis) is 1. The first-order valence-corrected chi connectivity index (χ1v) is 12.3. The first kappa shape index (κ1) is 26.3. The molecule has 0 aliphatic heterocycles. The van der Waals surface area contributed by atoms with Gasteiger partial charge in [-0.25, -0.2) is 9.59 Å². The van der Waals surface area contributed by atoms with Crippen molar-refractivity contribution in [1.82, 2.24) is 10.6 Å². The Hall–Kier alpha value is -3.35.